The molecule has 1 rings (SSSR count). The Morgan fingerprint density at radius 1 is 1.21 bits per heavy atom. The molecule has 1 atom stereocenters. The minimum atomic E-state index is -0.0379. The largest absolute Gasteiger partial charge is 0.396 e. The van der Waals surface area contributed by atoms with Crippen LogP contribution in [-0.2, 0) is 4.79 Å². The van der Waals surface area contributed by atoms with Crippen molar-refractivity contribution < 1.29 is 9.90 Å². The van der Waals surface area contributed by atoms with Gasteiger partial charge in [-0.3, -0.25) is 4.79 Å². The zero-order valence-corrected chi connectivity index (χ0v) is 12.0. The summed E-state index contributed by atoms with van der Waals surface area (Å²) < 4.78 is 0. The molecule has 0 aliphatic rings. The average molecular weight is 263 g/mol. The third kappa shape index (κ3) is 5.03. The molecule has 3 heteroatoms. The third-order valence-electron chi connectivity index (χ3n) is 3.44. The number of aliphatic hydroxyl groups excluding tert-OH is 1. The number of likely N-dealkylation sites (N-methyl/N-ethyl adjacent to an activating group) is 1. The van der Waals surface area contributed by atoms with Gasteiger partial charge in [0.05, 0.1) is 5.92 Å². The van der Waals surface area contributed by atoms with Crippen molar-refractivity contribution in [2.75, 3.05) is 20.2 Å². The van der Waals surface area contributed by atoms with Crippen LogP contribution in [-0.4, -0.2) is 36.1 Å². The first kappa shape index (κ1) is 15.7. The van der Waals surface area contributed by atoms with Crippen LogP contribution >= 0.6 is 0 Å². The molecule has 0 radical (unpaired) electrons. The fraction of sp³-hybridized carbons (Fsp3) is 0.562. The third-order valence-corrected chi connectivity index (χ3v) is 3.44. The highest BCUT2D eigenvalue weighted by Crippen LogP contribution is 2.21. The molecule has 1 unspecified atom stereocenters. The summed E-state index contributed by atoms with van der Waals surface area (Å²) in [5.41, 5.74) is 1.09. The zero-order chi connectivity index (χ0) is 14.1. The smallest absolute Gasteiger partial charge is 0.229 e. The molecule has 106 valence electrons. The molecule has 0 bridgehead atoms. The molecule has 0 aliphatic carbocycles. The second kappa shape index (κ2) is 8.70. The van der Waals surface area contributed by atoms with Crippen molar-refractivity contribution in [3.8, 4) is 0 Å². The molecule has 1 N–H and O–H groups in total. The molecular weight excluding hydrogens is 238 g/mol. The van der Waals surface area contributed by atoms with E-state index in [0.717, 1.165) is 37.8 Å². The molecule has 0 saturated carbocycles. The van der Waals surface area contributed by atoms with Gasteiger partial charge >= 0.3 is 0 Å². The number of aliphatic hydroxyl groups is 1. The summed E-state index contributed by atoms with van der Waals surface area (Å²) >= 11 is 0. The van der Waals surface area contributed by atoms with Crippen molar-refractivity contribution >= 4 is 5.91 Å². The van der Waals surface area contributed by atoms with E-state index in [2.05, 4.69) is 6.92 Å². The number of rotatable bonds is 8. The molecule has 3 nitrogen and oxygen atoms in total. The van der Waals surface area contributed by atoms with Crippen molar-refractivity contribution in [1.82, 2.24) is 4.90 Å². The van der Waals surface area contributed by atoms with Crippen LogP contribution in [0.2, 0.25) is 0 Å². The van der Waals surface area contributed by atoms with Crippen molar-refractivity contribution in [3.63, 3.8) is 0 Å². The van der Waals surface area contributed by atoms with E-state index in [4.69, 9.17) is 5.11 Å². The molecule has 0 aliphatic heterocycles. The van der Waals surface area contributed by atoms with Gasteiger partial charge < -0.3 is 10.0 Å². The summed E-state index contributed by atoms with van der Waals surface area (Å²) in [4.78, 5) is 14.2. The molecule has 0 heterocycles. The lowest BCUT2D eigenvalue weighted by Gasteiger charge is -2.23. The summed E-state index contributed by atoms with van der Waals surface area (Å²) in [5, 5.41) is 8.74. The van der Waals surface area contributed by atoms with E-state index in [-0.39, 0.29) is 18.4 Å². The number of amides is 1. The van der Waals surface area contributed by atoms with Crippen LogP contribution < -0.4 is 0 Å². The van der Waals surface area contributed by atoms with Gasteiger partial charge in [-0.2, -0.15) is 0 Å². The second-order valence-electron chi connectivity index (χ2n) is 4.92. The molecule has 19 heavy (non-hydrogen) atoms. The minimum Gasteiger partial charge on any atom is -0.396 e. The molecule has 1 aromatic rings. The summed E-state index contributed by atoms with van der Waals surface area (Å²) in [6.45, 7) is 3.05. The van der Waals surface area contributed by atoms with Crippen molar-refractivity contribution in [1.29, 1.82) is 0 Å². The Labute approximate surface area is 116 Å². The normalized spacial score (nSPS) is 12.2. The average Bonchev–Trinajstić information content (AvgIpc) is 2.45. The Kier molecular flexibility index (Phi) is 7.19. The summed E-state index contributed by atoms with van der Waals surface area (Å²) in [6.07, 6.45) is 3.56. The molecular formula is C16H25NO2. The number of carbonyl (C=O) groups excluding carboxylic acids is 1. The second-order valence-corrected chi connectivity index (χ2v) is 4.92. The van der Waals surface area contributed by atoms with Gasteiger partial charge in [-0.1, -0.05) is 37.3 Å². The first-order valence-corrected chi connectivity index (χ1v) is 7.11. The predicted molar refractivity (Wildman–Crippen MR) is 78.0 cm³/mol. The van der Waals surface area contributed by atoms with Gasteiger partial charge in [-0.05, 0) is 31.2 Å². The Bertz CT molecular complexity index is 364. The number of hydrogen-bond acceptors (Lipinski definition) is 2. The highest BCUT2D eigenvalue weighted by atomic mass is 16.2. The van der Waals surface area contributed by atoms with Crippen LogP contribution in [0, 0.1) is 0 Å². The Morgan fingerprint density at radius 3 is 2.47 bits per heavy atom. The van der Waals surface area contributed by atoms with Gasteiger partial charge in [-0.15, -0.1) is 0 Å². The molecule has 0 fully saturated rings. The minimum absolute atomic E-state index is 0.0379. The Balaban J connectivity index is 2.54. The van der Waals surface area contributed by atoms with Crippen LogP contribution in [0.3, 0.4) is 0 Å². The van der Waals surface area contributed by atoms with E-state index in [1.165, 1.54) is 0 Å². The van der Waals surface area contributed by atoms with Crippen LogP contribution in [0.1, 0.15) is 44.1 Å². The van der Waals surface area contributed by atoms with Gasteiger partial charge in [0, 0.05) is 20.2 Å². The van der Waals surface area contributed by atoms with Crippen molar-refractivity contribution in [2.24, 2.45) is 0 Å². The van der Waals surface area contributed by atoms with Crippen molar-refractivity contribution in [3.05, 3.63) is 35.9 Å². The maximum atomic E-state index is 12.4. The number of carbonyl (C=O) groups is 1. The summed E-state index contributed by atoms with van der Waals surface area (Å²) in [7, 11) is 1.87. The number of benzene rings is 1. The SMILES string of the molecule is CCC(C(=O)N(C)CCCCCO)c1ccccc1. The monoisotopic (exact) mass is 263 g/mol. The lowest BCUT2D eigenvalue weighted by Crippen LogP contribution is -2.32. The van der Waals surface area contributed by atoms with E-state index in [1.54, 1.807) is 0 Å². The highest BCUT2D eigenvalue weighted by Gasteiger charge is 2.21. The first-order chi connectivity index (χ1) is 9.20. The van der Waals surface area contributed by atoms with Crippen LogP contribution in [0.25, 0.3) is 0 Å². The fourth-order valence-corrected chi connectivity index (χ4v) is 2.25. The Morgan fingerprint density at radius 2 is 1.89 bits per heavy atom. The van der Waals surface area contributed by atoms with Crippen LogP contribution in [0.5, 0.6) is 0 Å². The first-order valence-electron chi connectivity index (χ1n) is 7.11. The standard InChI is InChI=1S/C16H25NO2/c1-3-15(14-10-6-4-7-11-14)16(19)17(2)12-8-5-9-13-18/h4,6-7,10-11,15,18H,3,5,8-9,12-13H2,1-2H3. The predicted octanol–water partition coefficient (Wildman–Crippen LogP) is 2.80. The number of unbranched alkanes of at least 4 members (excludes halogenated alkanes) is 2. The van der Waals surface area contributed by atoms with Gasteiger partial charge in [-0.25, -0.2) is 0 Å². The molecule has 0 aromatic heterocycles. The quantitative estimate of drug-likeness (QED) is 0.733. The van der Waals surface area contributed by atoms with Gasteiger partial charge in [0.25, 0.3) is 0 Å². The van der Waals surface area contributed by atoms with Crippen molar-refractivity contribution in [2.45, 2.75) is 38.5 Å². The maximum Gasteiger partial charge on any atom is 0.229 e. The molecule has 0 spiro atoms. The number of nitrogens with zero attached hydrogens (tertiary/aromatic N) is 1. The van der Waals surface area contributed by atoms with E-state index in [1.807, 2.05) is 42.3 Å². The van der Waals surface area contributed by atoms with Gasteiger partial charge in [0.15, 0.2) is 0 Å². The van der Waals surface area contributed by atoms with E-state index >= 15 is 0 Å². The molecule has 1 amide bonds. The summed E-state index contributed by atoms with van der Waals surface area (Å²) in [5.74, 6) is 0.154. The maximum absolute atomic E-state index is 12.4. The zero-order valence-electron chi connectivity index (χ0n) is 12.0. The van der Waals surface area contributed by atoms with E-state index in [0.29, 0.717) is 0 Å². The van der Waals surface area contributed by atoms with E-state index in [9.17, 15) is 4.79 Å². The van der Waals surface area contributed by atoms with Crippen LogP contribution in [0.15, 0.2) is 30.3 Å². The highest BCUT2D eigenvalue weighted by molar-refractivity contribution is 5.83. The van der Waals surface area contributed by atoms with Gasteiger partial charge in [0.1, 0.15) is 0 Å². The van der Waals surface area contributed by atoms with E-state index < -0.39 is 0 Å². The fourth-order valence-electron chi connectivity index (χ4n) is 2.25. The van der Waals surface area contributed by atoms with Crippen LogP contribution in [0.4, 0.5) is 0 Å². The molecule has 0 saturated heterocycles. The Hall–Kier alpha value is -1.35. The summed E-state index contributed by atoms with van der Waals surface area (Å²) in [6, 6.07) is 9.97. The number of hydrogen-bond donors (Lipinski definition) is 1. The lowest BCUT2D eigenvalue weighted by atomic mass is 9.95. The topological polar surface area (TPSA) is 40.5 Å². The lowest BCUT2D eigenvalue weighted by molar-refractivity contribution is -0.131. The van der Waals surface area contributed by atoms with Gasteiger partial charge in [0.2, 0.25) is 5.91 Å². The molecule has 1 aromatic carbocycles.